The highest BCUT2D eigenvalue weighted by atomic mass is 32.2. The third-order valence-electron chi connectivity index (χ3n) is 6.18. The molecule has 2 aliphatic rings. The van der Waals surface area contributed by atoms with E-state index < -0.39 is 9.84 Å². The molecule has 2 saturated heterocycles. The van der Waals surface area contributed by atoms with Gasteiger partial charge in [0.25, 0.3) is 0 Å². The SMILES string of the molecule is O=C(NCCCn1ccc2ccccc21)C1CCN(C2CCS(=O)(=O)C2)CC1. The zero-order valence-corrected chi connectivity index (χ0v) is 17.0. The monoisotopic (exact) mass is 403 g/mol. The number of hydrogen-bond donors (Lipinski definition) is 1. The first-order valence-corrected chi connectivity index (χ1v) is 12.1. The van der Waals surface area contributed by atoms with Crippen LogP contribution in [0.15, 0.2) is 36.5 Å². The lowest BCUT2D eigenvalue weighted by Gasteiger charge is -2.34. The molecule has 6 nitrogen and oxygen atoms in total. The summed E-state index contributed by atoms with van der Waals surface area (Å²) in [6.07, 6.45) is 5.40. The number of rotatable bonds is 6. The fraction of sp³-hybridized carbons (Fsp3) is 0.571. The number of piperidine rings is 1. The van der Waals surface area contributed by atoms with Gasteiger partial charge in [0.1, 0.15) is 0 Å². The molecule has 1 unspecified atom stereocenters. The van der Waals surface area contributed by atoms with Crippen molar-refractivity contribution < 1.29 is 13.2 Å². The van der Waals surface area contributed by atoms with E-state index >= 15 is 0 Å². The van der Waals surface area contributed by atoms with Crippen LogP contribution in [0.1, 0.15) is 25.7 Å². The number of likely N-dealkylation sites (tertiary alicyclic amines) is 1. The van der Waals surface area contributed by atoms with Crippen LogP contribution in [0.25, 0.3) is 10.9 Å². The van der Waals surface area contributed by atoms with E-state index in [0.29, 0.717) is 12.3 Å². The van der Waals surface area contributed by atoms with Gasteiger partial charge in [0.05, 0.1) is 11.5 Å². The number of carbonyl (C=O) groups is 1. The average Bonchev–Trinajstić information content (AvgIpc) is 3.28. The van der Waals surface area contributed by atoms with Gasteiger partial charge in [-0.2, -0.15) is 0 Å². The van der Waals surface area contributed by atoms with Gasteiger partial charge >= 0.3 is 0 Å². The highest BCUT2D eigenvalue weighted by Crippen LogP contribution is 2.24. The Hall–Kier alpha value is -1.86. The van der Waals surface area contributed by atoms with Crippen LogP contribution in [0, 0.1) is 5.92 Å². The molecular formula is C21H29N3O3S. The van der Waals surface area contributed by atoms with Crippen LogP contribution in [0.5, 0.6) is 0 Å². The van der Waals surface area contributed by atoms with E-state index in [2.05, 4.69) is 39.2 Å². The van der Waals surface area contributed by atoms with E-state index in [1.807, 2.05) is 12.1 Å². The molecule has 0 aliphatic carbocycles. The molecule has 1 aromatic heterocycles. The van der Waals surface area contributed by atoms with Crippen molar-refractivity contribution in [2.45, 2.75) is 38.3 Å². The predicted octanol–water partition coefficient (Wildman–Crippen LogP) is 2.05. The first-order chi connectivity index (χ1) is 13.5. The molecule has 152 valence electrons. The Kier molecular flexibility index (Phi) is 5.73. The second-order valence-electron chi connectivity index (χ2n) is 8.08. The molecule has 0 bridgehead atoms. The molecule has 7 heteroatoms. The number of para-hydroxylation sites is 1. The van der Waals surface area contributed by atoms with Crippen LogP contribution in [0.3, 0.4) is 0 Å². The lowest BCUT2D eigenvalue weighted by atomic mass is 9.94. The maximum Gasteiger partial charge on any atom is 0.223 e. The minimum atomic E-state index is -2.85. The van der Waals surface area contributed by atoms with Crippen molar-refractivity contribution >= 4 is 26.6 Å². The fourth-order valence-corrected chi connectivity index (χ4v) is 6.29. The Bertz CT molecular complexity index is 929. The van der Waals surface area contributed by atoms with Crippen LogP contribution in [0.2, 0.25) is 0 Å². The Labute approximate surface area is 166 Å². The summed E-state index contributed by atoms with van der Waals surface area (Å²) < 4.78 is 25.6. The van der Waals surface area contributed by atoms with Gasteiger partial charge in [-0.05, 0) is 56.3 Å². The predicted molar refractivity (Wildman–Crippen MR) is 111 cm³/mol. The maximum absolute atomic E-state index is 12.5. The Balaban J connectivity index is 1.18. The number of sulfone groups is 1. The molecule has 3 heterocycles. The first-order valence-electron chi connectivity index (χ1n) is 10.3. The third kappa shape index (κ3) is 4.41. The third-order valence-corrected chi connectivity index (χ3v) is 7.93. The van der Waals surface area contributed by atoms with Crippen molar-refractivity contribution in [1.29, 1.82) is 0 Å². The van der Waals surface area contributed by atoms with Crippen LogP contribution < -0.4 is 5.32 Å². The molecule has 4 rings (SSSR count). The van der Waals surface area contributed by atoms with Crippen molar-refractivity contribution in [3.8, 4) is 0 Å². The molecule has 1 N–H and O–H groups in total. The van der Waals surface area contributed by atoms with Crippen molar-refractivity contribution in [2.75, 3.05) is 31.1 Å². The molecule has 0 saturated carbocycles. The molecule has 2 fully saturated rings. The smallest absolute Gasteiger partial charge is 0.223 e. The summed E-state index contributed by atoms with van der Waals surface area (Å²) in [4.78, 5) is 14.7. The van der Waals surface area contributed by atoms with Crippen LogP contribution >= 0.6 is 0 Å². The average molecular weight is 404 g/mol. The van der Waals surface area contributed by atoms with E-state index in [0.717, 1.165) is 45.3 Å². The number of carbonyl (C=O) groups excluding carboxylic acids is 1. The minimum Gasteiger partial charge on any atom is -0.356 e. The van der Waals surface area contributed by atoms with E-state index in [-0.39, 0.29) is 23.6 Å². The molecule has 2 aromatic rings. The Morgan fingerprint density at radius 3 is 2.64 bits per heavy atom. The van der Waals surface area contributed by atoms with E-state index in [4.69, 9.17) is 0 Å². The van der Waals surface area contributed by atoms with Gasteiger partial charge < -0.3 is 9.88 Å². The summed E-state index contributed by atoms with van der Waals surface area (Å²) in [7, 11) is -2.85. The van der Waals surface area contributed by atoms with Gasteiger partial charge in [-0.25, -0.2) is 8.42 Å². The molecule has 0 spiro atoms. The maximum atomic E-state index is 12.5. The fourth-order valence-electron chi connectivity index (χ4n) is 4.53. The number of benzene rings is 1. The summed E-state index contributed by atoms with van der Waals surface area (Å²) in [5.74, 6) is 0.810. The summed E-state index contributed by atoms with van der Waals surface area (Å²) in [5.41, 5.74) is 1.23. The van der Waals surface area contributed by atoms with Gasteiger partial charge in [0.2, 0.25) is 5.91 Å². The van der Waals surface area contributed by atoms with Crippen LogP contribution in [-0.2, 0) is 21.2 Å². The highest BCUT2D eigenvalue weighted by Gasteiger charge is 2.35. The lowest BCUT2D eigenvalue weighted by Crippen LogP contribution is -2.45. The first kappa shape index (κ1) is 19.5. The molecule has 1 amide bonds. The van der Waals surface area contributed by atoms with E-state index in [9.17, 15) is 13.2 Å². The number of hydrogen-bond acceptors (Lipinski definition) is 4. The topological polar surface area (TPSA) is 71.4 Å². The number of nitrogens with zero attached hydrogens (tertiary/aromatic N) is 2. The second-order valence-corrected chi connectivity index (χ2v) is 10.3. The van der Waals surface area contributed by atoms with Crippen molar-refractivity contribution in [1.82, 2.24) is 14.8 Å². The van der Waals surface area contributed by atoms with Gasteiger partial charge in [-0.15, -0.1) is 0 Å². The van der Waals surface area contributed by atoms with Crippen LogP contribution in [0.4, 0.5) is 0 Å². The molecule has 1 atom stereocenters. The molecule has 1 aromatic carbocycles. The molecular weight excluding hydrogens is 374 g/mol. The van der Waals surface area contributed by atoms with Gasteiger partial charge in [0.15, 0.2) is 9.84 Å². The number of aromatic nitrogens is 1. The zero-order valence-electron chi connectivity index (χ0n) is 16.2. The molecule has 0 radical (unpaired) electrons. The van der Waals surface area contributed by atoms with Gasteiger partial charge in [-0.3, -0.25) is 9.69 Å². The minimum absolute atomic E-state index is 0.0571. The molecule has 28 heavy (non-hydrogen) atoms. The zero-order chi connectivity index (χ0) is 19.6. The number of amides is 1. The normalized spacial score (nSPS) is 23.2. The van der Waals surface area contributed by atoms with Gasteiger partial charge in [-0.1, -0.05) is 18.2 Å². The second kappa shape index (κ2) is 8.25. The quantitative estimate of drug-likeness (QED) is 0.750. The van der Waals surface area contributed by atoms with E-state index in [1.165, 1.54) is 10.9 Å². The Morgan fingerprint density at radius 1 is 1.11 bits per heavy atom. The van der Waals surface area contributed by atoms with Crippen molar-refractivity contribution in [3.63, 3.8) is 0 Å². The number of aryl methyl sites for hydroxylation is 1. The largest absolute Gasteiger partial charge is 0.356 e. The standard InChI is InChI=1S/C21H29N3O3S/c25-21(18-7-12-23(13-8-18)19-9-15-28(26,27)16-19)22-10-3-11-24-14-6-17-4-1-2-5-20(17)24/h1-2,4-6,14,18-19H,3,7-13,15-16H2,(H,22,25). The Morgan fingerprint density at radius 2 is 1.89 bits per heavy atom. The lowest BCUT2D eigenvalue weighted by molar-refractivity contribution is -0.126. The number of nitrogens with one attached hydrogen (secondary N) is 1. The summed E-state index contributed by atoms with van der Waals surface area (Å²) in [6, 6.07) is 10.6. The van der Waals surface area contributed by atoms with Crippen molar-refractivity contribution in [3.05, 3.63) is 36.5 Å². The van der Waals surface area contributed by atoms with Crippen LogP contribution in [-0.4, -0.2) is 61.0 Å². The van der Waals surface area contributed by atoms with Gasteiger partial charge in [0, 0.05) is 36.8 Å². The van der Waals surface area contributed by atoms with Crippen molar-refractivity contribution in [2.24, 2.45) is 5.92 Å². The summed E-state index contributed by atoms with van der Waals surface area (Å²) >= 11 is 0. The number of fused-ring (bicyclic) bond motifs is 1. The molecule has 2 aliphatic heterocycles. The highest BCUT2D eigenvalue weighted by molar-refractivity contribution is 7.91. The van der Waals surface area contributed by atoms with E-state index in [1.54, 1.807) is 0 Å². The summed E-state index contributed by atoms with van der Waals surface area (Å²) in [5, 5.41) is 4.34. The summed E-state index contributed by atoms with van der Waals surface area (Å²) in [6.45, 7) is 3.23.